The Labute approximate surface area is 170 Å². The molecule has 4 heterocycles. The SMILES string of the molecule is CCC(C(=O)N1CC2CN(c3ccc4nnc(C)n4n3)CC2C1)c1ccccc1. The zero-order chi connectivity index (χ0) is 20.0. The number of likely N-dealkylation sites (tertiary alicyclic amines) is 1. The number of rotatable bonds is 4. The fourth-order valence-electron chi connectivity index (χ4n) is 4.87. The number of hydrogen-bond acceptors (Lipinski definition) is 5. The number of hydrogen-bond donors (Lipinski definition) is 0. The number of benzene rings is 1. The molecule has 5 rings (SSSR count). The van der Waals surface area contributed by atoms with Crippen molar-refractivity contribution in [1.29, 1.82) is 0 Å². The second kappa shape index (κ2) is 7.13. The highest BCUT2D eigenvalue weighted by atomic mass is 16.2. The number of aryl methyl sites for hydroxylation is 1. The average Bonchev–Trinajstić information content (AvgIpc) is 3.42. The van der Waals surface area contributed by atoms with E-state index in [0.29, 0.717) is 11.8 Å². The summed E-state index contributed by atoms with van der Waals surface area (Å²) in [6.07, 6.45) is 0.836. The van der Waals surface area contributed by atoms with Crippen molar-refractivity contribution in [2.75, 3.05) is 31.1 Å². The van der Waals surface area contributed by atoms with E-state index in [0.717, 1.165) is 55.5 Å². The van der Waals surface area contributed by atoms with E-state index in [1.54, 1.807) is 4.52 Å². The van der Waals surface area contributed by atoms with Gasteiger partial charge in [-0.15, -0.1) is 15.3 Å². The van der Waals surface area contributed by atoms with Crippen molar-refractivity contribution in [3.8, 4) is 0 Å². The van der Waals surface area contributed by atoms with Crippen LogP contribution in [0.1, 0.15) is 30.7 Å². The molecule has 2 fully saturated rings. The summed E-state index contributed by atoms with van der Waals surface area (Å²) in [6.45, 7) is 7.58. The van der Waals surface area contributed by atoms with Crippen LogP contribution in [0.3, 0.4) is 0 Å². The number of fused-ring (bicyclic) bond motifs is 2. The third-order valence-electron chi connectivity index (χ3n) is 6.43. The summed E-state index contributed by atoms with van der Waals surface area (Å²) in [5, 5.41) is 12.9. The Morgan fingerprint density at radius 3 is 2.45 bits per heavy atom. The van der Waals surface area contributed by atoms with Crippen molar-refractivity contribution < 1.29 is 4.79 Å². The second-order valence-electron chi connectivity index (χ2n) is 8.25. The molecule has 0 radical (unpaired) electrons. The fraction of sp³-hybridized carbons (Fsp3) is 0.455. The highest BCUT2D eigenvalue weighted by Gasteiger charge is 2.43. The molecule has 150 valence electrons. The third-order valence-corrected chi connectivity index (χ3v) is 6.43. The van der Waals surface area contributed by atoms with Crippen molar-refractivity contribution in [2.24, 2.45) is 11.8 Å². The lowest BCUT2D eigenvalue weighted by atomic mass is 9.95. The van der Waals surface area contributed by atoms with Gasteiger partial charge in [-0.05, 0) is 31.0 Å². The smallest absolute Gasteiger partial charge is 0.230 e. The van der Waals surface area contributed by atoms with Gasteiger partial charge in [0, 0.05) is 38.0 Å². The summed E-state index contributed by atoms with van der Waals surface area (Å²) < 4.78 is 1.80. The zero-order valence-electron chi connectivity index (χ0n) is 16.9. The summed E-state index contributed by atoms with van der Waals surface area (Å²) >= 11 is 0. The molecule has 7 heteroatoms. The first-order valence-corrected chi connectivity index (χ1v) is 10.4. The monoisotopic (exact) mass is 390 g/mol. The predicted octanol–water partition coefficient (Wildman–Crippen LogP) is 2.52. The van der Waals surface area contributed by atoms with E-state index in [2.05, 4.69) is 39.1 Å². The topological polar surface area (TPSA) is 66.6 Å². The van der Waals surface area contributed by atoms with Crippen LogP contribution < -0.4 is 4.90 Å². The highest BCUT2D eigenvalue weighted by molar-refractivity contribution is 5.84. The molecular formula is C22H26N6O. The Bertz CT molecular complexity index is 1020. The maximum atomic E-state index is 13.2. The van der Waals surface area contributed by atoms with Gasteiger partial charge in [0.15, 0.2) is 11.5 Å². The van der Waals surface area contributed by atoms with Crippen LogP contribution in [0.4, 0.5) is 5.82 Å². The maximum absolute atomic E-state index is 13.2. The Hall–Kier alpha value is -2.96. The number of aromatic nitrogens is 4. The molecule has 0 aliphatic carbocycles. The van der Waals surface area contributed by atoms with Crippen LogP contribution >= 0.6 is 0 Å². The molecule has 3 unspecified atom stereocenters. The van der Waals surface area contributed by atoms with Crippen LogP contribution in [0.2, 0.25) is 0 Å². The van der Waals surface area contributed by atoms with E-state index >= 15 is 0 Å². The van der Waals surface area contributed by atoms with Gasteiger partial charge < -0.3 is 9.80 Å². The lowest BCUT2D eigenvalue weighted by molar-refractivity contribution is -0.132. The van der Waals surface area contributed by atoms with Gasteiger partial charge in [-0.3, -0.25) is 4.79 Å². The van der Waals surface area contributed by atoms with Crippen LogP contribution in [0.5, 0.6) is 0 Å². The highest BCUT2D eigenvalue weighted by Crippen LogP contribution is 2.35. The van der Waals surface area contributed by atoms with Gasteiger partial charge in [-0.25, -0.2) is 0 Å². The molecule has 29 heavy (non-hydrogen) atoms. The number of anilines is 1. The third kappa shape index (κ3) is 3.14. The van der Waals surface area contributed by atoms with Gasteiger partial charge in [0.1, 0.15) is 5.82 Å². The summed E-state index contributed by atoms with van der Waals surface area (Å²) in [7, 11) is 0. The van der Waals surface area contributed by atoms with Gasteiger partial charge in [0.25, 0.3) is 0 Å². The number of carbonyl (C=O) groups excluding carboxylic acids is 1. The largest absolute Gasteiger partial charge is 0.354 e. The summed E-state index contributed by atoms with van der Waals surface area (Å²) in [4.78, 5) is 17.6. The molecule has 2 aliphatic rings. The van der Waals surface area contributed by atoms with E-state index in [1.807, 2.05) is 37.3 Å². The molecule has 3 aromatic rings. The molecule has 0 bridgehead atoms. The van der Waals surface area contributed by atoms with Crippen molar-refractivity contribution >= 4 is 17.4 Å². The van der Waals surface area contributed by atoms with Crippen molar-refractivity contribution in [2.45, 2.75) is 26.2 Å². The van der Waals surface area contributed by atoms with E-state index in [4.69, 9.17) is 5.10 Å². The fourth-order valence-corrected chi connectivity index (χ4v) is 4.87. The van der Waals surface area contributed by atoms with Gasteiger partial charge in [0.2, 0.25) is 5.91 Å². The first kappa shape index (κ1) is 18.1. The Balaban J connectivity index is 1.28. The van der Waals surface area contributed by atoms with E-state index in [1.165, 1.54) is 0 Å². The molecule has 0 spiro atoms. The Morgan fingerprint density at radius 2 is 1.76 bits per heavy atom. The lowest BCUT2D eigenvalue weighted by Crippen LogP contribution is -2.36. The first-order valence-electron chi connectivity index (χ1n) is 10.4. The maximum Gasteiger partial charge on any atom is 0.230 e. The van der Waals surface area contributed by atoms with Crippen molar-refractivity contribution in [3.63, 3.8) is 0 Å². The summed E-state index contributed by atoms with van der Waals surface area (Å²) in [5.74, 6) is 3.01. The standard InChI is InChI=1S/C22H26N6O/c1-3-19(16-7-5-4-6-8-16)22(29)27-13-17-11-26(12-18(17)14-27)21-10-9-20-24-23-15(2)28(20)25-21/h4-10,17-19H,3,11-14H2,1-2H3. The van der Waals surface area contributed by atoms with Gasteiger partial charge in [-0.1, -0.05) is 37.3 Å². The van der Waals surface area contributed by atoms with Gasteiger partial charge in [0.05, 0.1) is 5.92 Å². The molecule has 7 nitrogen and oxygen atoms in total. The molecule has 2 saturated heterocycles. The summed E-state index contributed by atoms with van der Waals surface area (Å²) in [5.41, 5.74) is 1.90. The molecule has 2 aromatic heterocycles. The van der Waals surface area contributed by atoms with Crippen LogP contribution in [0, 0.1) is 18.8 Å². The predicted molar refractivity (Wildman–Crippen MR) is 111 cm³/mol. The van der Waals surface area contributed by atoms with Crippen LogP contribution in [-0.2, 0) is 4.79 Å². The minimum absolute atomic E-state index is 0.0353. The van der Waals surface area contributed by atoms with Crippen molar-refractivity contribution in [3.05, 3.63) is 53.9 Å². The molecule has 0 N–H and O–H groups in total. The van der Waals surface area contributed by atoms with Gasteiger partial charge >= 0.3 is 0 Å². The quantitative estimate of drug-likeness (QED) is 0.685. The number of carbonyl (C=O) groups is 1. The van der Waals surface area contributed by atoms with E-state index in [-0.39, 0.29) is 11.8 Å². The number of nitrogens with zero attached hydrogens (tertiary/aromatic N) is 6. The Morgan fingerprint density at radius 1 is 1.03 bits per heavy atom. The normalized spacial score (nSPS) is 22.3. The molecule has 0 saturated carbocycles. The van der Waals surface area contributed by atoms with E-state index < -0.39 is 0 Å². The Kier molecular flexibility index (Phi) is 4.45. The van der Waals surface area contributed by atoms with E-state index in [9.17, 15) is 4.79 Å². The zero-order valence-corrected chi connectivity index (χ0v) is 16.9. The van der Waals surface area contributed by atoms with Crippen LogP contribution in [0.25, 0.3) is 5.65 Å². The summed E-state index contributed by atoms with van der Waals surface area (Å²) in [6, 6.07) is 14.2. The van der Waals surface area contributed by atoms with Gasteiger partial charge in [-0.2, -0.15) is 4.52 Å². The molecule has 2 aliphatic heterocycles. The average molecular weight is 390 g/mol. The molecule has 1 aromatic carbocycles. The minimum atomic E-state index is -0.0353. The first-order chi connectivity index (χ1) is 14.1. The molecular weight excluding hydrogens is 364 g/mol. The van der Waals surface area contributed by atoms with Crippen molar-refractivity contribution in [1.82, 2.24) is 24.7 Å². The number of amides is 1. The molecule has 3 atom stereocenters. The second-order valence-corrected chi connectivity index (χ2v) is 8.25. The molecule has 1 amide bonds. The lowest BCUT2D eigenvalue weighted by Gasteiger charge is -2.26. The van der Waals surface area contributed by atoms with Crippen LogP contribution in [-0.4, -0.2) is 56.8 Å². The minimum Gasteiger partial charge on any atom is -0.354 e. The van der Waals surface area contributed by atoms with Crippen LogP contribution in [0.15, 0.2) is 42.5 Å².